The van der Waals surface area contributed by atoms with E-state index in [0.717, 1.165) is 31.9 Å². The second kappa shape index (κ2) is 6.76. The van der Waals surface area contributed by atoms with E-state index < -0.39 is 0 Å². The lowest BCUT2D eigenvalue weighted by Gasteiger charge is -2.21. The first-order chi connectivity index (χ1) is 11.1. The Labute approximate surface area is 135 Å². The Hall–Kier alpha value is -2.44. The molecule has 0 saturated carbocycles. The summed E-state index contributed by atoms with van der Waals surface area (Å²) in [5.74, 6) is 0.872. The fourth-order valence-corrected chi connectivity index (χ4v) is 2.71. The molecular weight excluding hydrogens is 292 g/mol. The van der Waals surface area contributed by atoms with Crippen LogP contribution in [0, 0.1) is 0 Å². The van der Waals surface area contributed by atoms with Gasteiger partial charge < -0.3 is 9.80 Å². The lowest BCUT2D eigenvalue weighted by Crippen LogP contribution is -2.35. The second-order valence-corrected chi connectivity index (χ2v) is 5.99. The van der Waals surface area contributed by atoms with Gasteiger partial charge in [0, 0.05) is 44.6 Å². The van der Waals surface area contributed by atoms with Crippen molar-refractivity contribution in [3.8, 4) is 0 Å². The summed E-state index contributed by atoms with van der Waals surface area (Å²) in [4.78, 5) is 16.7. The van der Waals surface area contributed by atoms with E-state index in [4.69, 9.17) is 0 Å². The maximum absolute atomic E-state index is 12.6. The largest absolute Gasteiger partial charge is 0.353 e. The van der Waals surface area contributed by atoms with Crippen LogP contribution in [0.5, 0.6) is 0 Å². The van der Waals surface area contributed by atoms with Crippen molar-refractivity contribution in [3.05, 3.63) is 36.3 Å². The molecule has 1 saturated heterocycles. The second-order valence-electron chi connectivity index (χ2n) is 5.99. The van der Waals surface area contributed by atoms with E-state index in [1.165, 1.54) is 0 Å². The van der Waals surface area contributed by atoms with E-state index in [1.54, 1.807) is 12.3 Å². The highest BCUT2D eigenvalue weighted by atomic mass is 16.2. The fourth-order valence-electron chi connectivity index (χ4n) is 2.71. The number of rotatable bonds is 3. The molecule has 0 aliphatic carbocycles. The Morgan fingerprint density at radius 3 is 2.74 bits per heavy atom. The Morgan fingerprint density at radius 1 is 1.17 bits per heavy atom. The molecule has 0 N–H and O–H groups in total. The number of hydrogen-bond donors (Lipinski definition) is 0. The molecule has 0 bridgehead atoms. The van der Waals surface area contributed by atoms with Gasteiger partial charge in [0.15, 0.2) is 5.82 Å². The van der Waals surface area contributed by atoms with Crippen molar-refractivity contribution in [1.82, 2.24) is 24.9 Å². The van der Waals surface area contributed by atoms with Crippen molar-refractivity contribution in [2.24, 2.45) is 0 Å². The maximum Gasteiger partial charge on any atom is 0.274 e. The third-order valence-electron chi connectivity index (χ3n) is 4.02. The zero-order valence-electron chi connectivity index (χ0n) is 13.6. The van der Waals surface area contributed by atoms with Crippen LogP contribution in [0.4, 0.5) is 5.82 Å². The van der Waals surface area contributed by atoms with Crippen LogP contribution in [-0.2, 0) is 0 Å². The van der Waals surface area contributed by atoms with Gasteiger partial charge in [-0.1, -0.05) is 0 Å². The number of carbonyl (C=O) groups is 1. The van der Waals surface area contributed by atoms with Gasteiger partial charge in [0.2, 0.25) is 0 Å². The fraction of sp³-hybridized carbons (Fsp3) is 0.500. The van der Waals surface area contributed by atoms with Crippen molar-refractivity contribution < 1.29 is 4.79 Å². The van der Waals surface area contributed by atoms with Gasteiger partial charge >= 0.3 is 0 Å². The van der Waals surface area contributed by atoms with E-state index in [2.05, 4.69) is 20.2 Å². The van der Waals surface area contributed by atoms with Crippen LogP contribution < -0.4 is 4.90 Å². The Kier molecular flexibility index (Phi) is 4.55. The Bertz CT molecular complexity index is 654. The highest BCUT2D eigenvalue weighted by Crippen LogP contribution is 2.14. The molecule has 23 heavy (non-hydrogen) atoms. The van der Waals surface area contributed by atoms with Crippen molar-refractivity contribution >= 4 is 11.7 Å². The standard InChI is InChI=1S/C16H22N6O/c1-13(2)22-10-6-14(19-22)16(23)21-9-4-8-20(11-12-21)15-5-3-7-17-18-15/h3,5-7,10,13H,4,8-9,11-12H2,1-2H3. The number of hydrogen-bond acceptors (Lipinski definition) is 5. The topological polar surface area (TPSA) is 67.2 Å². The summed E-state index contributed by atoms with van der Waals surface area (Å²) in [6.07, 6.45) is 4.44. The molecule has 0 atom stereocenters. The summed E-state index contributed by atoms with van der Waals surface area (Å²) in [5, 5.41) is 12.5. The molecule has 3 rings (SSSR count). The molecule has 1 fully saturated rings. The minimum atomic E-state index is 0.00500. The number of carbonyl (C=O) groups excluding carboxylic acids is 1. The molecule has 2 aromatic rings. The zero-order valence-corrected chi connectivity index (χ0v) is 13.6. The van der Waals surface area contributed by atoms with E-state index in [0.29, 0.717) is 12.2 Å². The van der Waals surface area contributed by atoms with E-state index in [1.807, 2.05) is 41.8 Å². The van der Waals surface area contributed by atoms with Crippen LogP contribution in [0.25, 0.3) is 0 Å². The smallest absolute Gasteiger partial charge is 0.274 e. The van der Waals surface area contributed by atoms with E-state index in [-0.39, 0.29) is 11.9 Å². The first-order valence-electron chi connectivity index (χ1n) is 8.02. The number of anilines is 1. The number of aromatic nitrogens is 4. The molecule has 1 amide bonds. The van der Waals surface area contributed by atoms with E-state index >= 15 is 0 Å². The monoisotopic (exact) mass is 314 g/mol. The quantitative estimate of drug-likeness (QED) is 0.861. The normalized spacial score (nSPS) is 15.8. The molecule has 3 heterocycles. The third kappa shape index (κ3) is 3.49. The van der Waals surface area contributed by atoms with Crippen molar-refractivity contribution in [2.45, 2.75) is 26.3 Å². The van der Waals surface area contributed by atoms with Gasteiger partial charge in [0.1, 0.15) is 5.69 Å². The summed E-state index contributed by atoms with van der Waals surface area (Å²) in [6, 6.07) is 5.89. The van der Waals surface area contributed by atoms with Crippen LogP contribution >= 0.6 is 0 Å². The van der Waals surface area contributed by atoms with Gasteiger partial charge in [-0.25, -0.2) is 0 Å². The molecular formula is C16H22N6O. The highest BCUT2D eigenvalue weighted by Gasteiger charge is 2.22. The summed E-state index contributed by atoms with van der Waals surface area (Å²) < 4.78 is 1.82. The molecule has 1 aliphatic rings. The SMILES string of the molecule is CC(C)n1ccc(C(=O)N2CCCN(c3cccnn3)CC2)n1. The van der Waals surface area contributed by atoms with Crippen LogP contribution in [0.3, 0.4) is 0 Å². The van der Waals surface area contributed by atoms with Crippen molar-refractivity contribution in [1.29, 1.82) is 0 Å². The average Bonchev–Trinajstić information content (AvgIpc) is 2.94. The molecule has 7 heteroatoms. The third-order valence-corrected chi connectivity index (χ3v) is 4.02. The molecule has 0 radical (unpaired) electrons. The lowest BCUT2D eigenvalue weighted by atomic mass is 10.3. The van der Waals surface area contributed by atoms with Crippen LogP contribution in [0.1, 0.15) is 36.8 Å². The van der Waals surface area contributed by atoms with Crippen LogP contribution in [0.15, 0.2) is 30.6 Å². The van der Waals surface area contributed by atoms with Crippen LogP contribution in [-0.4, -0.2) is 57.0 Å². The predicted molar refractivity (Wildman–Crippen MR) is 87.4 cm³/mol. The van der Waals surface area contributed by atoms with Gasteiger partial charge in [0.05, 0.1) is 0 Å². The van der Waals surface area contributed by atoms with Gasteiger partial charge in [-0.15, -0.1) is 5.10 Å². The maximum atomic E-state index is 12.6. The average molecular weight is 314 g/mol. The van der Waals surface area contributed by atoms with Crippen LogP contribution in [0.2, 0.25) is 0 Å². The summed E-state index contributed by atoms with van der Waals surface area (Å²) in [6.45, 7) is 7.14. The lowest BCUT2D eigenvalue weighted by molar-refractivity contribution is 0.0760. The predicted octanol–water partition coefficient (Wildman–Crippen LogP) is 1.61. The molecule has 0 aromatic carbocycles. The molecule has 7 nitrogen and oxygen atoms in total. The number of nitrogens with zero attached hydrogens (tertiary/aromatic N) is 6. The number of amides is 1. The zero-order chi connectivity index (χ0) is 16.2. The van der Waals surface area contributed by atoms with E-state index in [9.17, 15) is 4.79 Å². The van der Waals surface area contributed by atoms with Gasteiger partial charge in [-0.3, -0.25) is 9.48 Å². The summed E-state index contributed by atoms with van der Waals surface area (Å²) in [5.41, 5.74) is 0.520. The molecule has 2 aromatic heterocycles. The highest BCUT2D eigenvalue weighted by molar-refractivity contribution is 5.92. The molecule has 0 unspecified atom stereocenters. The van der Waals surface area contributed by atoms with Gasteiger partial charge in [-0.05, 0) is 38.5 Å². The first-order valence-corrected chi connectivity index (χ1v) is 8.02. The summed E-state index contributed by atoms with van der Waals surface area (Å²) >= 11 is 0. The van der Waals surface area contributed by atoms with Gasteiger partial charge in [-0.2, -0.15) is 10.2 Å². The van der Waals surface area contributed by atoms with Crippen molar-refractivity contribution in [2.75, 3.05) is 31.1 Å². The Morgan fingerprint density at radius 2 is 2.04 bits per heavy atom. The first kappa shape index (κ1) is 15.5. The molecule has 122 valence electrons. The van der Waals surface area contributed by atoms with Gasteiger partial charge in [0.25, 0.3) is 5.91 Å². The van der Waals surface area contributed by atoms with Crippen molar-refractivity contribution in [3.63, 3.8) is 0 Å². The minimum absolute atomic E-state index is 0.00500. The summed E-state index contributed by atoms with van der Waals surface area (Å²) in [7, 11) is 0. The Balaban J connectivity index is 1.66. The molecule has 0 spiro atoms. The molecule has 1 aliphatic heterocycles. The minimum Gasteiger partial charge on any atom is -0.353 e.